The van der Waals surface area contributed by atoms with Crippen LogP contribution in [0.2, 0.25) is 0 Å². The molecule has 1 aromatic carbocycles. The van der Waals surface area contributed by atoms with E-state index in [0.717, 1.165) is 19.6 Å². The number of benzene rings is 1. The van der Waals surface area contributed by atoms with Crippen molar-refractivity contribution in [2.24, 2.45) is 11.7 Å². The largest absolute Gasteiger partial charge is 0.371 e. The van der Waals surface area contributed by atoms with Crippen LogP contribution in [0, 0.1) is 5.92 Å². The molecule has 2 aliphatic rings. The van der Waals surface area contributed by atoms with Crippen molar-refractivity contribution >= 4 is 5.69 Å². The Kier molecular flexibility index (Phi) is 3.72. The molecule has 110 valence electrons. The zero-order valence-corrected chi connectivity index (χ0v) is 12.3. The lowest BCUT2D eigenvalue weighted by molar-refractivity contribution is 0.277. The Bertz CT molecular complexity index is 451. The Morgan fingerprint density at radius 3 is 2.40 bits per heavy atom. The fraction of sp³-hybridized carbons (Fsp3) is 0.647. The van der Waals surface area contributed by atoms with E-state index >= 15 is 0 Å². The van der Waals surface area contributed by atoms with Crippen molar-refractivity contribution in [2.75, 3.05) is 24.5 Å². The van der Waals surface area contributed by atoms with E-state index in [1.165, 1.54) is 24.1 Å². The van der Waals surface area contributed by atoms with Gasteiger partial charge >= 0.3 is 0 Å². The molecule has 3 heteroatoms. The van der Waals surface area contributed by atoms with Crippen molar-refractivity contribution in [3.8, 4) is 0 Å². The quantitative estimate of drug-likeness (QED) is 0.914. The predicted molar refractivity (Wildman–Crippen MR) is 81.9 cm³/mol. The predicted octanol–water partition coefficient (Wildman–Crippen LogP) is 3.25. The normalized spacial score (nSPS) is 30.6. The minimum Gasteiger partial charge on any atom is -0.371 e. The number of halogens is 1. The first kappa shape index (κ1) is 13.9. The zero-order chi connectivity index (χ0) is 14.2. The van der Waals surface area contributed by atoms with Crippen molar-refractivity contribution in [3.05, 3.63) is 29.8 Å². The summed E-state index contributed by atoms with van der Waals surface area (Å²) in [5.41, 5.74) is 8.83. The molecule has 1 aliphatic heterocycles. The van der Waals surface area contributed by atoms with Gasteiger partial charge in [-0.2, -0.15) is 0 Å². The maximum atomic E-state index is 13.2. The molecule has 2 atom stereocenters. The van der Waals surface area contributed by atoms with E-state index in [-0.39, 0.29) is 0 Å². The number of nitrogens with zero attached hydrogens (tertiary/aromatic N) is 1. The van der Waals surface area contributed by atoms with E-state index in [9.17, 15) is 4.39 Å². The third-order valence-electron chi connectivity index (χ3n) is 5.38. The Morgan fingerprint density at radius 2 is 1.90 bits per heavy atom. The fourth-order valence-corrected chi connectivity index (χ4v) is 3.79. The Morgan fingerprint density at radius 1 is 1.25 bits per heavy atom. The number of alkyl halides is 1. The van der Waals surface area contributed by atoms with Crippen LogP contribution in [-0.2, 0) is 5.41 Å². The average Bonchev–Trinajstić information content (AvgIpc) is 3.23. The van der Waals surface area contributed by atoms with Gasteiger partial charge in [0.2, 0.25) is 0 Å². The summed E-state index contributed by atoms with van der Waals surface area (Å²) in [4.78, 5) is 2.30. The highest BCUT2D eigenvalue weighted by atomic mass is 19.1. The van der Waals surface area contributed by atoms with Crippen LogP contribution in [-0.4, -0.2) is 25.8 Å². The first-order chi connectivity index (χ1) is 9.69. The second kappa shape index (κ2) is 5.36. The Hall–Kier alpha value is -1.09. The van der Waals surface area contributed by atoms with Crippen molar-refractivity contribution in [2.45, 2.75) is 44.2 Å². The number of piperidine rings is 1. The summed E-state index contributed by atoms with van der Waals surface area (Å²) in [6, 6.07) is 8.93. The molecule has 2 unspecified atom stereocenters. The topological polar surface area (TPSA) is 29.3 Å². The third-order valence-corrected chi connectivity index (χ3v) is 5.38. The molecular weight excluding hydrogens is 251 g/mol. The van der Waals surface area contributed by atoms with Crippen molar-refractivity contribution in [3.63, 3.8) is 0 Å². The molecule has 0 amide bonds. The van der Waals surface area contributed by atoms with Gasteiger partial charge in [0.25, 0.3) is 0 Å². The molecule has 1 aromatic rings. The molecule has 20 heavy (non-hydrogen) atoms. The monoisotopic (exact) mass is 276 g/mol. The van der Waals surface area contributed by atoms with Gasteiger partial charge in [-0.05, 0) is 61.3 Å². The van der Waals surface area contributed by atoms with Crippen LogP contribution >= 0.6 is 0 Å². The van der Waals surface area contributed by atoms with Gasteiger partial charge in [-0.3, -0.25) is 0 Å². The molecule has 0 aromatic heterocycles. The first-order valence-corrected chi connectivity index (χ1v) is 7.89. The summed E-state index contributed by atoms with van der Waals surface area (Å²) in [7, 11) is 0. The molecule has 2 fully saturated rings. The van der Waals surface area contributed by atoms with Gasteiger partial charge < -0.3 is 10.6 Å². The van der Waals surface area contributed by atoms with Gasteiger partial charge in [0.05, 0.1) is 0 Å². The second-order valence-corrected chi connectivity index (χ2v) is 6.35. The van der Waals surface area contributed by atoms with Gasteiger partial charge in [-0.15, -0.1) is 0 Å². The first-order valence-electron chi connectivity index (χ1n) is 7.89. The molecule has 1 saturated carbocycles. The van der Waals surface area contributed by atoms with Crippen LogP contribution < -0.4 is 10.6 Å². The SMILES string of the molecule is CCC1(c2ccc(N3CCC(F)CC3)cc2)CC1CN. The number of hydrogen-bond acceptors (Lipinski definition) is 2. The second-order valence-electron chi connectivity index (χ2n) is 6.35. The summed E-state index contributed by atoms with van der Waals surface area (Å²) in [6.45, 7) is 4.73. The van der Waals surface area contributed by atoms with E-state index in [1.54, 1.807) is 0 Å². The fourth-order valence-electron chi connectivity index (χ4n) is 3.79. The summed E-state index contributed by atoms with van der Waals surface area (Å²) in [5.74, 6) is 0.653. The summed E-state index contributed by atoms with van der Waals surface area (Å²) in [6.07, 6.45) is 3.12. The van der Waals surface area contributed by atoms with Crippen LogP contribution in [0.15, 0.2) is 24.3 Å². The van der Waals surface area contributed by atoms with Gasteiger partial charge in [0, 0.05) is 18.8 Å². The summed E-state index contributed by atoms with van der Waals surface area (Å²) >= 11 is 0. The number of nitrogens with two attached hydrogens (primary N) is 1. The van der Waals surface area contributed by atoms with Gasteiger partial charge in [0.15, 0.2) is 0 Å². The molecule has 2 N–H and O–H groups in total. The van der Waals surface area contributed by atoms with Gasteiger partial charge in [-0.1, -0.05) is 19.1 Å². The van der Waals surface area contributed by atoms with Crippen LogP contribution in [0.3, 0.4) is 0 Å². The average molecular weight is 276 g/mol. The van der Waals surface area contributed by atoms with Crippen LogP contribution in [0.1, 0.15) is 38.2 Å². The smallest absolute Gasteiger partial charge is 0.103 e. The number of anilines is 1. The lowest BCUT2D eigenvalue weighted by atomic mass is 9.90. The molecule has 2 nitrogen and oxygen atoms in total. The molecule has 0 spiro atoms. The van der Waals surface area contributed by atoms with E-state index in [4.69, 9.17) is 5.73 Å². The lowest BCUT2D eigenvalue weighted by Gasteiger charge is -2.31. The van der Waals surface area contributed by atoms with Crippen molar-refractivity contribution < 1.29 is 4.39 Å². The maximum absolute atomic E-state index is 13.2. The van der Waals surface area contributed by atoms with E-state index in [0.29, 0.717) is 24.2 Å². The number of rotatable bonds is 4. The lowest BCUT2D eigenvalue weighted by Crippen LogP contribution is -2.34. The molecule has 1 heterocycles. The van der Waals surface area contributed by atoms with E-state index in [2.05, 4.69) is 36.1 Å². The number of hydrogen-bond donors (Lipinski definition) is 1. The van der Waals surface area contributed by atoms with Gasteiger partial charge in [-0.25, -0.2) is 4.39 Å². The third kappa shape index (κ3) is 2.32. The highest BCUT2D eigenvalue weighted by Crippen LogP contribution is 2.56. The Labute approximate surface area is 121 Å². The highest BCUT2D eigenvalue weighted by Gasteiger charge is 2.52. The minimum atomic E-state index is -0.606. The minimum absolute atomic E-state index is 0.333. The summed E-state index contributed by atoms with van der Waals surface area (Å²) < 4.78 is 13.2. The summed E-state index contributed by atoms with van der Waals surface area (Å²) in [5, 5.41) is 0. The highest BCUT2D eigenvalue weighted by molar-refractivity contribution is 5.50. The molecule has 3 rings (SSSR count). The standard InChI is InChI=1S/C17H25FN2/c1-2-17(11-14(17)12-19)13-3-5-16(6-4-13)20-9-7-15(18)8-10-20/h3-6,14-15H,2,7-12,19H2,1H3. The molecular formula is C17H25FN2. The molecule has 0 bridgehead atoms. The van der Waals surface area contributed by atoms with Crippen LogP contribution in [0.5, 0.6) is 0 Å². The van der Waals surface area contributed by atoms with E-state index in [1.807, 2.05) is 0 Å². The van der Waals surface area contributed by atoms with Crippen molar-refractivity contribution in [1.29, 1.82) is 0 Å². The van der Waals surface area contributed by atoms with Crippen molar-refractivity contribution in [1.82, 2.24) is 0 Å². The van der Waals surface area contributed by atoms with E-state index < -0.39 is 6.17 Å². The van der Waals surface area contributed by atoms with Crippen LogP contribution in [0.25, 0.3) is 0 Å². The molecule has 1 aliphatic carbocycles. The van der Waals surface area contributed by atoms with Gasteiger partial charge in [0.1, 0.15) is 6.17 Å². The van der Waals surface area contributed by atoms with Crippen LogP contribution in [0.4, 0.5) is 10.1 Å². The maximum Gasteiger partial charge on any atom is 0.103 e. The molecule has 1 saturated heterocycles. The Balaban J connectivity index is 1.72. The molecule has 0 radical (unpaired) electrons. The zero-order valence-electron chi connectivity index (χ0n) is 12.3.